The number of aromatic hydroxyl groups is 1. The van der Waals surface area contributed by atoms with Gasteiger partial charge in [-0.25, -0.2) is 4.39 Å². The first-order chi connectivity index (χ1) is 14.5. The van der Waals surface area contributed by atoms with Crippen LogP contribution in [0.2, 0.25) is 0 Å². The molecule has 0 radical (unpaired) electrons. The highest BCUT2D eigenvalue weighted by atomic mass is 19.1. The molecule has 5 nitrogen and oxygen atoms in total. The van der Waals surface area contributed by atoms with E-state index in [0.717, 1.165) is 31.5 Å². The Morgan fingerprint density at radius 1 is 1.17 bits per heavy atom. The van der Waals surface area contributed by atoms with Crippen LogP contribution in [0.4, 0.5) is 10.1 Å². The summed E-state index contributed by atoms with van der Waals surface area (Å²) in [7, 11) is 0. The van der Waals surface area contributed by atoms with Crippen molar-refractivity contribution >= 4 is 11.6 Å². The first kappa shape index (κ1) is 20.2. The second kappa shape index (κ2) is 8.71. The van der Waals surface area contributed by atoms with Crippen molar-refractivity contribution in [3.63, 3.8) is 0 Å². The SMILES string of the molecule is Cc1ccc(N(C(=O)c2ccco2)C2CCN(Cc3ccccc3O)CC2)cc1F. The number of hydrogen-bond acceptors (Lipinski definition) is 4. The van der Waals surface area contributed by atoms with Gasteiger partial charge in [-0.3, -0.25) is 9.69 Å². The molecular weight excluding hydrogens is 383 g/mol. The Bertz CT molecular complexity index is 1010. The highest BCUT2D eigenvalue weighted by Gasteiger charge is 2.31. The summed E-state index contributed by atoms with van der Waals surface area (Å²) in [6.07, 6.45) is 2.96. The third kappa shape index (κ3) is 4.24. The molecule has 2 heterocycles. The van der Waals surface area contributed by atoms with Crippen molar-refractivity contribution in [1.29, 1.82) is 0 Å². The summed E-state index contributed by atoms with van der Waals surface area (Å²) < 4.78 is 19.6. The van der Waals surface area contributed by atoms with Crippen molar-refractivity contribution in [3.8, 4) is 5.75 Å². The fourth-order valence-corrected chi connectivity index (χ4v) is 3.97. The number of anilines is 1. The number of amides is 1. The first-order valence-corrected chi connectivity index (χ1v) is 10.2. The van der Waals surface area contributed by atoms with E-state index in [0.29, 0.717) is 23.5 Å². The minimum atomic E-state index is -0.332. The van der Waals surface area contributed by atoms with E-state index in [4.69, 9.17) is 4.42 Å². The van der Waals surface area contributed by atoms with E-state index in [-0.39, 0.29) is 23.5 Å². The van der Waals surface area contributed by atoms with Gasteiger partial charge in [0.15, 0.2) is 5.76 Å². The molecule has 0 bridgehead atoms. The molecule has 2 aromatic carbocycles. The molecule has 3 aromatic rings. The molecule has 4 rings (SSSR count). The molecule has 0 saturated carbocycles. The number of para-hydroxylation sites is 1. The van der Waals surface area contributed by atoms with Gasteiger partial charge in [-0.15, -0.1) is 0 Å². The molecule has 0 aliphatic carbocycles. The van der Waals surface area contributed by atoms with E-state index in [9.17, 15) is 14.3 Å². The number of likely N-dealkylation sites (tertiary alicyclic amines) is 1. The molecule has 0 spiro atoms. The van der Waals surface area contributed by atoms with Gasteiger partial charge in [0.1, 0.15) is 11.6 Å². The number of furan rings is 1. The first-order valence-electron chi connectivity index (χ1n) is 10.2. The van der Waals surface area contributed by atoms with Crippen LogP contribution in [0.5, 0.6) is 5.75 Å². The van der Waals surface area contributed by atoms with Gasteiger partial charge in [-0.1, -0.05) is 24.3 Å². The third-order valence-electron chi connectivity index (χ3n) is 5.69. The summed E-state index contributed by atoms with van der Waals surface area (Å²) in [6, 6.07) is 15.5. The topological polar surface area (TPSA) is 56.9 Å². The minimum absolute atomic E-state index is 0.0645. The maximum absolute atomic E-state index is 14.3. The Hall–Kier alpha value is -3.12. The number of carbonyl (C=O) groups excluding carboxylic acids is 1. The largest absolute Gasteiger partial charge is 0.508 e. The summed E-state index contributed by atoms with van der Waals surface area (Å²) in [6.45, 7) is 3.91. The normalized spacial score (nSPS) is 15.3. The van der Waals surface area contributed by atoms with Crippen LogP contribution in [0.1, 0.15) is 34.5 Å². The number of piperidine rings is 1. The number of benzene rings is 2. The summed E-state index contributed by atoms with van der Waals surface area (Å²) in [5.74, 6) is -0.0545. The average Bonchev–Trinajstić information content (AvgIpc) is 3.29. The number of rotatable bonds is 5. The summed E-state index contributed by atoms with van der Waals surface area (Å²) in [4.78, 5) is 17.1. The molecule has 0 unspecified atom stereocenters. The van der Waals surface area contributed by atoms with Crippen LogP contribution in [-0.4, -0.2) is 35.0 Å². The molecule has 1 fully saturated rings. The number of phenolic OH excluding ortho intramolecular Hbond substituents is 1. The van der Waals surface area contributed by atoms with Gasteiger partial charge in [0, 0.05) is 36.9 Å². The molecule has 1 aromatic heterocycles. The Kier molecular flexibility index (Phi) is 5.86. The number of hydrogen-bond donors (Lipinski definition) is 1. The van der Waals surface area contributed by atoms with Crippen LogP contribution in [-0.2, 0) is 6.54 Å². The number of halogens is 1. The van der Waals surface area contributed by atoms with E-state index in [1.807, 2.05) is 18.2 Å². The van der Waals surface area contributed by atoms with Crippen molar-refractivity contribution in [2.45, 2.75) is 32.4 Å². The molecule has 156 valence electrons. The predicted molar refractivity (Wildman–Crippen MR) is 113 cm³/mol. The molecular formula is C24H25FN2O3. The zero-order valence-corrected chi connectivity index (χ0v) is 16.9. The molecule has 6 heteroatoms. The zero-order valence-electron chi connectivity index (χ0n) is 16.9. The van der Waals surface area contributed by atoms with Gasteiger partial charge in [0.25, 0.3) is 5.91 Å². The highest BCUT2D eigenvalue weighted by Crippen LogP contribution is 2.29. The van der Waals surface area contributed by atoms with Gasteiger partial charge in [-0.2, -0.15) is 0 Å². The Balaban J connectivity index is 1.52. The third-order valence-corrected chi connectivity index (χ3v) is 5.69. The smallest absolute Gasteiger partial charge is 0.294 e. The van der Waals surface area contributed by atoms with Crippen molar-refractivity contribution in [2.24, 2.45) is 0 Å². The van der Waals surface area contributed by atoms with Crippen LogP contribution in [0.3, 0.4) is 0 Å². The number of nitrogens with zero attached hydrogens (tertiary/aromatic N) is 2. The summed E-state index contributed by atoms with van der Waals surface area (Å²) in [5.41, 5.74) is 1.97. The van der Waals surface area contributed by atoms with Crippen LogP contribution >= 0.6 is 0 Å². The molecule has 1 aliphatic rings. The average molecular weight is 408 g/mol. The van der Waals surface area contributed by atoms with Crippen LogP contribution in [0, 0.1) is 12.7 Å². The lowest BCUT2D eigenvalue weighted by molar-refractivity contribution is 0.0931. The van der Waals surface area contributed by atoms with Crippen LogP contribution in [0.25, 0.3) is 0 Å². The van der Waals surface area contributed by atoms with Crippen molar-refractivity contribution < 1.29 is 18.7 Å². The Morgan fingerprint density at radius 3 is 2.60 bits per heavy atom. The van der Waals surface area contributed by atoms with Crippen LogP contribution < -0.4 is 4.90 Å². The fourth-order valence-electron chi connectivity index (χ4n) is 3.97. The van der Waals surface area contributed by atoms with Crippen LogP contribution in [0.15, 0.2) is 65.3 Å². The Labute approximate surface area is 175 Å². The molecule has 1 saturated heterocycles. The van der Waals surface area contributed by atoms with Gasteiger partial charge in [0.05, 0.1) is 6.26 Å². The lowest BCUT2D eigenvalue weighted by Gasteiger charge is -2.38. The lowest BCUT2D eigenvalue weighted by atomic mass is 10.0. The maximum atomic E-state index is 14.3. The fraction of sp³-hybridized carbons (Fsp3) is 0.292. The number of aryl methyl sites for hydroxylation is 1. The highest BCUT2D eigenvalue weighted by molar-refractivity contribution is 6.04. The maximum Gasteiger partial charge on any atom is 0.294 e. The quantitative estimate of drug-likeness (QED) is 0.662. The van der Waals surface area contributed by atoms with Crippen molar-refractivity contribution in [3.05, 3.63) is 83.6 Å². The van der Waals surface area contributed by atoms with Gasteiger partial charge < -0.3 is 14.4 Å². The zero-order chi connectivity index (χ0) is 21.1. The van der Waals surface area contributed by atoms with E-state index in [1.165, 1.54) is 12.3 Å². The van der Waals surface area contributed by atoms with E-state index >= 15 is 0 Å². The second-order valence-electron chi connectivity index (χ2n) is 7.72. The summed E-state index contributed by atoms with van der Waals surface area (Å²) in [5, 5.41) is 10.0. The predicted octanol–water partition coefficient (Wildman–Crippen LogP) is 4.74. The van der Waals surface area contributed by atoms with E-state index < -0.39 is 0 Å². The summed E-state index contributed by atoms with van der Waals surface area (Å²) >= 11 is 0. The molecule has 1 N–H and O–H groups in total. The molecule has 1 amide bonds. The van der Waals surface area contributed by atoms with Gasteiger partial charge >= 0.3 is 0 Å². The second-order valence-corrected chi connectivity index (χ2v) is 7.72. The molecule has 0 atom stereocenters. The van der Waals surface area contributed by atoms with E-state index in [1.54, 1.807) is 42.2 Å². The molecule has 1 aliphatic heterocycles. The molecule has 30 heavy (non-hydrogen) atoms. The van der Waals surface area contributed by atoms with Crippen molar-refractivity contribution in [2.75, 3.05) is 18.0 Å². The minimum Gasteiger partial charge on any atom is -0.508 e. The van der Waals surface area contributed by atoms with Crippen molar-refractivity contribution in [1.82, 2.24) is 4.90 Å². The lowest BCUT2D eigenvalue weighted by Crippen LogP contribution is -2.47. The van der Waals surface area contributed by atoms with Gasteiger partial charge in [0.2, 0.25) is 0 Å². The standard InChI is InChI=1S/C24H25FN2O3/c1-17-8-9-20(15-21(17)25)27(24(29)23-7-4-14-30-23)19-10-12-26(13-11-19)16-18-5-2-3-6-22(18)28/h2-9,14-15,19,28H,10-13,16H2,1H3. The monoisotopic (exact) mass is 408 g/mol. The van der Waals surface area contributed by atoms with E-state index in [2.05, 4.69) is 4.90 Å². The Morgan fingerprint density at radius 2 is 1.93 bits per heavy atom. The van der Waals surface area contributed by atoms with Gasteiger partial charge in [-0.05, 0) is 55.7 Å². The number of carbonyl (C=O) groups is 1. The number of phenols is 1.